The van der Waals surface area contributed by atoms with E-state index in [1.54, 1.807) is 4.68 Å². The molecular formula is C15H21N5OS. The Kier molecular flexibility index (Phi) is 5.18. The average molecular weight is 319 g/mol. The first-order valence-electron chi connectivity index (χ1n) is 7.14. The molecule has 1 atom stereocenters. The predicted molar refractivity (Wildman–Crippen MR) is 86.6 cm³/mol. The molecule has 22 heavy (non-hydrogen) atoms. The van der Waals surface area contributed by atoms with Crippen LogP contribution in [-0.4, -0.2) is 36.9 Å². The Balaban J connectivity index is 2.02. The first kappa shape index (κ1) is 16.5. The minimum atomic E-state index is -0.264. The maximum atomic E-state index is 12.1. The zero-order chi connectivity index (χ0) is 16.2. The van der Waals surface area contributed by atoms with Gasteiger partial charge in [-0.05, 0) is 43.7 Å². The third-order valence-electron chi connectivity index (χ3n) is 2.82. The lowest BCUT2D eigenvalue weighted by Crippen LogP contribution is -2.44. The third-order valence-corrected chi connectivity index (χ3v) is 3.89. The van der Waals surface area contributed by atoms with Crippen LogP contribution in [0.25, 0.3) is 0 Å². The Morgan fingerprint density at radius 1 is 1.32 bits per heavy atom. The van der Waals surface area contributed by atoms with E-state index in [4.69, 9.17) is 0 Å². The van der Waals surface area contributed by atoms with Crippen molar-refractivity contribution in [1.82, 2.24) is 25.5 Å². The van der Waals surface area contributed by atoms with Crippen molar-refractivity contribution in [3.05, 3.63) is 35.9 Å². The van der Waals surface area contributed by atoms with E-state index < -0.39 is 0 Å². The summed E-state index contributed by atoms with van der Waals surface area (Å²) in [5.74, 6) is -0.0215. The summed E-state index contributed by atoms with van der Waals surface area (Å²) in [6, 6.07) is 9.97. The molecule has 1 N–H and O–H groups in total. The molecule has 7 heteroatoms. The van der Waals surface area contributed by atoms with Crippen LogP contribution in [0.3, 0.4) is 0 Å². The van der Waals surface area contributed by atoms with Crippen molar-refractivity contribution in [2.45, 2.75) is 50.2 Å². The zero-order valence-corrected chi connectivity index (χ0v) is 14.1. The van der Waals surface area contributed by atoms with E-state index in [0.717, 1.165) is 5.56 Å². The molecular weight excluding hydrogens is 298 g/mol. The molecule has 0 unspecified atom stereocenters. The van der Waals surface area contributed by atoms with Gasteiger partial charge in [0.25, 0.3) is 0 Å². The number of aromatic nitrogens is 4. The fourth-order valence-electron chi connectivity index (χ4n) is 1.82. The molecule has 0 radical (unpaired) electrons. The Hall–Kier alpha value is -1.89. The second-order valence-electron chi connectivity index (χ2n) is 6.10. The number of carbonyl (C=O) groups excluding carboxylic acids is 1. The molecule has 1 aromatic carbocycles. The van der Waals surface area contributed by atoms with E-state index in [2.05, 4.69) is 20.8 Å². The molecule has 2 aromatic rings. The van der Waals surface area contributed by atoms with Gasteiger partial charge >= 0.3 is 0 Å². The molecule has 1 heterocycles. The topological polar surface area (TPSA) is 72.7 Å². The van der Waals surface area contributed by atoms with Gasteiger partial charge in [0.2, 0.25) is 11.1 Å². The van der Waals surface area contributed by atoms with Gasteiger partial charge in [0, 0.05) is 5.54 Å². The highest BCUT2D eigenvalue weighted by molar-refractivity contribution is 8.00. The highest BCUT2D eigenvalue weighted by atomic mass is 32.2. The van der Waals surface area contributed by atoms with Crippen LogP contribution in [-0.2, 0) is 11.3 Å². The molecule has 0 bridgehead atoms. The minimum Gasteiger partial charge on any atom is -0.351 e. The molecule has 6 nitrogen and oxygen atoms in total. The van der Waals surface area contributed by atoms with Gasteiger partial charge in [-0.25, -0.2) is 4.68 Å². The molecule has 0 saturated carbocycles. The van der Waals surface area contributed by atoms with E-state index in [1.807, 2.05) is 58.0 Å². The van der Waals surface area contributed by atoms with E-state index in [0.29, 0.717) is 11.7 Å². The number of rotatable bonds is 5. The summed E-state index contributed by atoms with van der Waals surface area (Å²) in [5.41, 5.74) is 0.866. The molecule has 1 aromatic heterocycles. The Bertz CT molecular complexity index is 620. The maximum Gasteiger partial charge on any atom is 0.233 e. The van der Waals surface area contributed by atoms with Crippen molar-refractivity contribution in [3.63, 3.8) is 0 Å². The van der Waals surface area contributed by atoms with E-state index in [1.165, 1.54) is 11.8 Å². The summed E-state index contributed by atoms with van der Waals surface area (Å²) in [7, 11) is 0. The monoisotopic (exact) mass is 319 g/mol. The number of hydrogen-bond acceptors (Lipinski definition) is 5. The van der Waals surface area contributed by atoms with Gasteiger partial charge in [0.1, 0.15) is 0 Å². The van der Waals surface area contributed by atoms with Gasteiger partial charge in [0.15, 0.2) is 0 Å². The van der Waals surface area contributed by atoms with Crippen LogP contribution in [0.1, 0.15) is 33.3 Å². The SMILES string of the molecule is C[C@H](Sc1nnnn1Cc1ccccc1)C(=O)NC(C)(C)C. The normalized spacial score (nSPS) is 12.9. The highest BCUT2D eigenvalue weighted by Crippen LogP contribution is 2.21. The summed E-state index contributed by atoms with van der Waals surface area (Å²) in [6.45, 7) is 8.32. The molecule has 0 fully saturated rings. The smallest absolute Gasteiger partial charge is 0.233 e. The largest absolute Gasteiger partial charge is 0.351 e. The van der Waals surface area contributed by atoms with Crippen LogP contribution in [0.5, 0.6) is 0 Å². The summed E-state index contributed by atoms with van der Waals surface area (Å²) in [6.07, 6.45) is 0. The predicted octanol–water partition coefficient (Wildman–Crippen LogP) is 2.12. The molecule has 0 saturated heterocycles. The minimum absolute atomic E-state index is 0.0215. The van der Waals surface area contributed by atoms with E-state index in [9.17, 15) is 4.79 Å². The molecule has 2 rings (SSSR count). The first-order valence-corrected chi connectivity index (χ1v) is 8.02. The number of hydrogen-bond donors (Lipinski definition) is 1. The molecule has 0 aliphatic heterocycles. The standard InChI is InChI=1S/C15H21N5OS/c1-11(13(21)16-15(2,3)4)22-14-17-18-19-20(14)10-12-8-6-5-7-9-12/h5-9,11H,10H2,1-4H3,(H,16,21)/t11-/m0/s1. The lowest BCUT2D eigenvalue weighted by atomic mass is 10.1. The quantitative estimate of drug-likeness (QED) is 0.855. The van der Waals surface area contributed by atoms with E-state index in [-0.39, 0.29) is 16.7 Å². The van der Waals surface area contributed by atoms with E-state index >= 15 is 0 Å². The van der Waals surface area contributed by atoms with Crippen molar-refractivity contribution >= 4 is 17.7 Å². The molecule has 0 aliphatic carbocycles. The van der Waals surface area contributed by atoms with Crippen LogP contribution < -0.4 is 5.32 Å². The zero-order valence-electron chi connectivity index (χ0n) is 13.3. The second kappa shape index (κ2) is 6.91. The Morgan fingerprint density at radius 3 is 2.64 bits per heavy atom. The number of amides is 1. The third kappa shape index (κ3) is 4.84. The van der Waals surface area contributed by atoms with Crippen LogP contribution in [0.15, 0.2) is 35.5 Å². The van der Waals surface area contributed by atoms with Crippen LogP contribution in [0, 0.1) is 0 Å². The fourth-order valence-corrected chi connectivity index (χ4v) is 2.61. The van der Waals surface area contributed by atoms with Crippen molar-refractivity contribution in [2.24, 2.45) is 0 Å². The number of thioether (sulfide) groups is 1. The molecule has 1 amide bonds. The molecule has 0 aliphatic rings. The van der Waals surface area contributed by atoms with Gasteiger partial charge in [-0.2, -0.15) is 0 Å². The van der Waals surface area contributed by atoms with Crippen molar-refractivity contribution in [3.8, 4) is 0 Å². The molecule has 0 spiro atoms. The number of carbonyl (C=O) groups is 1. The summed E-state index contributed by atoms with van der Waals surface area (Å²) in [5, 5.41) is 15.1. The van der Waals surface area contributed by atoms with Crippen molar-refractivity contribution in [1.29, 1.82) is 0 Å². The Morgan fingerprint density at radius 2 is 2.00 bits per heavy atom. The average Bonchev–Trinajstić information content (AvgIpc) is 2.85. The molecule has 118 valence electrons. The highest BCUT2D eigenvalue weighted by Gasteiger charge is 2.22. The van der Waals surface area contributed by atoms with Crippen molar-refractivity contribution < 1.29 is 4.79 Å². The van der Waals surface area contributed by atoms with Gasteiger partial charge < -0.3 is 5.32 Å². The Labute approximate surface area is 134 Å². The maximum absolute atomic E-state index is 12.1. The van der Waals surface area contributed by atoms with Crippen molar-refractivity contribution in [2.75, 3.05) is 0 Å². The van der Waals surface area contributed by atoms with Gasteiger partial charge in [-0.1, -0.05) is 42.1 Å². The number of tetrazole rings is 1. The van der Waals surface area contributed by atoms with Crippen LogP contribution >= 0.6 is 11.8 Å². The summed E-state index contributed by atoms with van der Waals surface area (Å²) < 4.78 is 1.71. The van der Waals surface area contributed by atoms with Gasteiger partial charge in [-0.15, -0.1) is 5.10 Å². The lowest BCUT2D eigenvalue weighted by Gasteiger charge is -2.22. The van der Waals surface area contributed by atoms with Gasteiger partial charge in [0.05, 0.1) is 11.8 Å². The second-order valence-corrected chi connectivity index (χ2v) is 7.41. The number of benzene rings is 1. The van der Waals surface area contributed by atoms with Gasteiger partial charge in [-0.3, -0.25) is 4.79 Å². The van der Waals surface area contributed by atoms with Crippen LogP contribution in [0.4, 0.5) is 0 Å². The summed E-state index contributed by atoms with van der Waals surface area (Å²) in [4.78, 5) is 12.1. The first-order chi connectivity index (χ1) is 10.3. The van der Waals surface area contributed by atoms with Crippen LogP contribution in [0.2, 0.25) is 0 Å². The fraction of sp³-hybridized carbons (Fsp3) is 0.467. The lowest BCUT2D eigenvalue weighted by molar-refractivity contribution is -0.121. The number of nitrogens with zero attached hydrogens (tertiary/aromatic N) is 4. The number of nitrogens with one attached hydrogen (secondary N) is 1. The summed E-state index contributed by atoms with van der Waals surface area (Å²) >= 11 is 1.36.